The smallest absolute Gasteiger partial charge is 0.273 e. The van der Waals surface area contributed by atoms with Gasteiger partial charge in [0.05, 0.1) is 11.8 Å². The van der Waals surface area contributed by atoms with Gasteiger partial charge in [0.1, 0.15) is 24.1 Å². The minimum atomic E-state index is -1.12. The monoisotopic (exact) mass is 620 g/mol. The lowest BCUT2D eigenvalue weighted by atomic mass is 9.95. The fourth-order valence-electron chi connectivity index (χ4n) is 5.87. The number of pyridine rings is 1. The van der Waals surface area contributed by atoms with E-state index in [2.05, 4.69) is 20.0 Å². The molecule has 4 heterocycles. The molecule has 0 unspecified atom stereocenters. The lowest BCUT2D eigenvalue weighted by molar-refractivity contribution is -0.123. The van der Waals surface area contributed by atoms with Gasteiger partial charge in [0.15, 0.2) is 17.2 Å². The molecule has 0 radical (unpaired) electrons. The Kier molecular flexibility index (Phi) is 9.22. The minimum Gasteiger partial charge on any atom is -0.486 e. The van der Waals surface area contributed by atoms with E-state index < -0.39 is 23.8 Å². The van der Waals surface area contributed by atoms with Gasteiger partial charge in [-0.2, -0.15) is 4.37 Å². The van der Waals surface area contributed by atoms with E-state index in [4.69, 9.17) is 19.9 Å². The number of benzene rings is 1. The van der Waals surface area contributed by atoms with Crippen LogP contribution in [0.5, 0.6) is 11.5 Å². The summed E-state index contributed by atoms with van der Waals surface area (Å²) in [5.74, 6) is -0.411. The van der Waals surface area contributed by atoms with Crippen LogP contribution in [0, 0.1) is 0 Å². The molecule has 3 aromatic rings. The number of hydrogen-bond donors (Lipinski definition) is 3. The van der Waals surface area contributed by atoms with Crippen molar-refractivity contribution in [2.45, 2.75) is 63.1 Å². The summed E-state index contributed by atoms with van der Waals surface area (Å²) < 4.78 is 21.5. The molecule has 0 bridgehead atoms. The molecule has 2 aromatic heterocycles. The highest BCUT2D eigenvalue weighted by atomic mass is 32.1. The van der Waals surface area contributed by atoms with Gasteiger partial charge in [0.2, 0.25) is 5.91 Å². The number of ether oxygens (including phenoxy) is 3. The summed E-state index contributed by atoms with van der Waals surface area (Å²) in [6, 6.07) is 7.38. The second-order valence-electron chi connectivity index (χ2n) is 11.1. The van der Waals surface area contributed by atoms with Crippen molar-refractivity contribution < 1.29 is 28.6 Å². The van der Waals surface area contributed by atoms with Crippen molar-refractivity contribution in [3.05, 3.63) is 58.9 Å². The predicted octanol–water partition coefficient (Wildman–Crippen LogP) is 3.64. The zero-order valence-electron chi connectivity index (χ0n) is 24.3. The van der Waals surface area contributed by atoms with Crippen molar-refractivity contribution in [3.63, 3.8) is 0 Å². The summed E-state index contributed by atoms with van der Waals surface area (Å²) in [7, 11) is 0. The first kappa shape index (κ1) is 29.8. The average molecular weight is 621 g/mol. The molecule has 1 aliphatic carbocycles. The van der Waals surface area contributed by atoms with Crippen LogP contribution >= 0.6 is 11.5 Å². The zero-order valence-corrected chi connectivity index (χ0v) is 25.1. The van der Waals surface area contributed by atoms with Crippen LogP contribution in [-0.2, 0) is 9.53 Å². The van der Waals surface area contributed by atoms with E-state index in [0.717, 1.165) is 56.5 Å². The standard InChI is InChI=1S/C31H36N6O6S/c32-25-26(29(38)35-20-5-2-1-3-6-20)36-44-28(25)31(40)37(21-8-9-23-24(17-21)43-16-15-42-23)27(19-10-12-33-13-11-19)30(39)34-18-22-7-4-14-41-22/h8-13,17,20,22,27H,1-7,14-16,18,32H2,(H,34,39)(H,35,38)/t22-,27-/m0/s1. The SMILES string of the molecule is Nc1c(C(=O)NC2CCCCC2)nsc1C(=O)N(c1ccc2c(c1)OCCO2)[C@H](C(=O)NC[C@@H]1CCCO1)c1ccncc1. The van der Waals surface area contributed by atoms with Gasteiger partial charge in [-0.1, -0.05) is 19.3 Å². The van der Waals surface area contributed by atoms with Crippen LogP contribution in [-0.4, -0.2) is 65.6 Å². The van der Waals surface area contributed by atoms with E-state index in [1.165, 1.54) is 4.90 Å². The van der Waals surface area contributed by atoms with Gasteiger partial charge in [-0.15, -0.1) is 0 Å². The third kappa shape index (κ3) is 6.48. The van der Waals surface area contributed by atoms with Crippen molar-refractivity contribution in [2.24, 2.45) is 0 Å². The van der Waals surface area contributed by atoms with Gasteiger partial charge < -0.3 is 30.6 Å². The molecule has 6 rings (SSSR count). The summed E-state index contributed by atoms with van der Waals surface area (Å²) in [6.45, 7) is 1.71. The molecule has 3 amide bonds. The number of anilines is 2. The molecule has 1 aromatic carbocycles. The van der Waals surface area contributed by atoms with Gasteiger partial charge in [-0.25, -0.2) is 0 Å². The molecule has 2 atom stereocenters. The van der Waals surface area contributed by atoms with E-state index in [1.54, 1.807) is 42.7 Å². The molecule has 2 aliphatic heterocycles. The summed E-state index contributed by atoms with van der Waals surface area (Å²) >= 11 is 0.837. The Labute approximate surface area is 259 Å². The van der Waals surface area contributed by atoms with Gasteiger partial charge >= 0.3 is 0 Å². The molecule has 3 aliphatic rings. The number of carbonyl (C=O) groups excluding carboxylic acids is 3. The molecule has 232 valence electrons. The third-order valence-electron chi connectivity index (χ3n) is 8.16. The molecule has 4 N–H and O–H groups in total. The molecule has 12 nitrogen and oxygen atoms in total. The Bertz CT molecular complexity index is 1490. The van der Waals surface area contributed by atoms with Crippen molar-refractivity contribution in [1.29, 1.82) is 0 Å². The van der Waals surface area contributed by atoms with Gasteiger partial charge in [0.25, 0.3) is 11.8 Å². The fraction of sp³-hybridized carbons (Fsp3) is 0.452. The Hall–Kier alpha value is -4.23. The number of nitrogens with one attached hydrogen (secondary N) is 2. The maximum atomic E-state index is 14.5. The highest BCUT2D eigenvalue weighted by molar-refractivity contribution is 7.09. The Morgan fingerprint density at radius 3 is 2.50 bits per heavy atom. The van der Waals surface area contributed by atoms with Crippen LogP contribution in [0.15, 0.2) is 42.7 Å². The first-order valence-corrected chi connectivity index (χ1v) is 15.9. The van der Waals surface area contributed by atoms with E-state index >= 15 is 0 Å². The number of aromatic nitrogens is 2. The molecule has 1 saturated carbocycles. The van der Waals surface area contributed by atoms with Crippen molar-refractivity contribution >= 4 is 40.6 Å². The molecular weight excluding hydrogens is 584 g/mol. The largest absolute Gasteiger partial charge is 0.486 e. The highest BCUT2D eigenvalue weighted by Gasteiger charge is 2.37. The Balaban J connectivity index is 1.37. The molecular formula is C31H36N6O6S. The van der Waals surface area contributed by atoms with Crippen LogP contribution < -0.4 is 30.7 Å². The van der Waals surface area contributed by atoms with Gasteiger partial charge in [-0.05, 0) is 67.0 Å². The number of hydrogen-bond acceptors (Lipinski definition) is 10. The summed E-state index contributed by atoms with van der Waals surface area (Å²) in [5, 5.41) is 6.00. The number of nitrogen functional groups attached to an aromatic ring is 1. The number of nitrogens with two attached hydrogens (primary N) is 1. The lowest BCUT2D eigenvalue weighted by Crippen LogP contribution is -2.45. The topological polar surface area (TPSA) is 158 Å². The van der Waals surface area contributed by atoms with E-state index in [0.29, 0.717) is 49.1 Å². The second kappa shape index (κ2) is 13.6. The maximum Gasteiger partial charge on any atom is 0.273 e. The highest BCUT2D eigenvalue weighted by Crippen LogP contribution is 2.39. The minimum absolute atomic E-state index is 0.00865. The van der Waals surface area contributed by atoms with Crippen molar-refractivity contribution in [3.8, 4) is 11.5 Å². The number of carbonyl (C=O) groups is 3. The summed E-state index contributed by atoms with van der Waals surface area (Å²) in [4.78, 5) is 47.2. The van der Waals surface area contributed by atoms with Gasteiger partial charge in [0, 0.05) is 43.3 Å². The molecule has 2 fully saturated rings. The van der Waals surface area contributed by atoms with Gasteiger partial charge in [-0.3, -0.25) is 24.3 Å². The van der Waals surface area contributed by atoms with E-state index in [-0.39, 0.29) is 28.4 Å². The van der Waals surface area contributed by atoms with Crippen molar-refractivity contribution in [2.75, 3.05) is 37.0 Å². The third-order valence-corrected chi connectivity index (χ3v) is 9.01. The van der Waals surface area contributed by atoms with E-state index in [9.17, 15) is 14.4 Å². The zero-order chi connectivity index (χ0) is 30.5. The molecule has 44 heavy (non-hydrogen) atoms. The average Bonchev–Trinajstić information content (AvgIpc) is 3.72. The first-order chi connectivity index (χ1) is 21.5. The lowest BCUT2D eigenvalue weighted by Gasteiger charge is -2.32. The maximum absolute atomic E-state index is 14.5. The van der Waals surface area contributed by atoms with Crippen LogP contribution in [0.2, 0.25) is 0 Å². The fourth-order valence-corrected chi connectivity index (χ4v) is 6.61. The van der Waals surface area contributed by atoms with Crippen LogP contribution in [0.4, 0.5) is 11.4 Å². The molecule has 0 spiro atoms. The molecule has 13 heteroatoms. The second-order valence-corrected chi connectivity index (χ2v) is 11.9. The summed E-state index contributed by atoms with van der Waals surface area (Å²) in [6.07, 6.45) is 9.85. The van der Waals surface area contributed by atoms with Crippen molar-refractivity contribution in [1.82, 2.24) is 20.0 Å². The quantitative estimate of drug-likeness (QED) is 0.325. The summed E-state index contributed by atoms with van der Waals surface area (Å²) in [5.41, 5.74) is 7.36. The van der Waals surface area contributed by atoms with Crippen LogP contribution in [0.1, 0.15) is 76.7 Å². The number of fused-ring (bicyclic) bond motifs is 1. The predicted molar refractivity (Wildman–Crippen MR) is 164 cm³/mol. The first-order valence-electron chi connectivity index (χ1n) is 15.1. The Morgan fingerprint density at radius 1 is 0.977 bits per heavy atom. The number of nitrogens with zero attached hydrogens (tertiary/aromatic N) is 3. The Morgan fingerprint density at radius 2 is 1.75 bits per heavy atom. The normalized spacial score (nSPS) is 18.8. The van der Waals surface area contributed by atoms with E-state index in [1.807, 2.05) is 0 Å². The van der Waals surface area contributed by atoms with Crippen LogP contribution in [0.25, 0.3) is 0 Å². The molecule has 1 saturated heterocycles. The number of amides is 3. The number of rotatable bonds is 9. The van der Waals surface area contributed by atoms with Crippen LogP contribution in [0.3, 0.4) is 0 Å².